The van der Waals surface area contributed by atoms with Gasteiger partial charge in [-0.15, -0.1) is 0 Å². The Kier molecular flexibility index (Phi) is 7.99. The molecule has 0 spiro atoms. The molecule has 0 aliphatic heterocycles. The zero-order chi connectivity index (χ0) is 21.2. The van der Waals surface area contributed by atoms with Crippen molar-refractivity contribution >= 4 is 15.7 Å². The Balaban J connectivity index is 1.81. The summed E-state index contributed by atoms with van der Waals surface area (Å²) in [5.74, 6) is 0.140. The quantitative estimate of drug-likeness (QED) is 0.480. The van der Waals surface area contributed by atoms with E-state index >= 15 is 0 Å². The van der Waals surface area contributed by atoms with Gasteiger partial charge in [0.05, 0.1) is 11.4 Å². The van der Waals surface area contributed by atoms with E-state index in [1.807, 2.05) is 61.7 Å². The molecular weight excluding hydrogens is 394 g/mol. The average Bonchev–Trinajstić information content (AvgIpc) is 2.75. The molecule has 0 aliphatic rings. The number of nitrogens with one attached hydrogen (secondary N) is 1. The van der Waals surface area contributed by atoms with Crippen LogP contribution in [0.3, 0.4) is 0 Å². The van der Waals surface area contributed by atoms with Crippen LogP contribution in [0.15, 0.2) is 79.1 Å². The van der Waals surface area contributed by atoms with Crippen molar-refractivity contribution in [3.8, 4) is 0 Å². The lowest BCUT2D eigenvalue weighted by Crippen LogP contribution is -2.24. The minimum absolute atomic E-state index is 0.140. The fourth-order valence-corrected chi connectivity index (χ4v) is 4.62. The number of sulfonamides is 1. The maximum atomic E-state index is 12.4. The summed E-state index contributed by atoms with van der Waals surface area (Å²) in [6, 6.07) is 21.9. The van der Waals surface area contributed by atoms with Crippen molar-refractivity contribution in [2.24, 2.45) is 0 Å². The van der Waals surface area contributed by atoms with Gasteiger partial charge in [-0.1, -0.05) is 67.9 Å². The summed E-state index contributed by atoms with van der Waals surface area (Å²) < 4.78 is 27.7. The molecule has 1 heterocycles. The third kappa shape index (κ3) is 6.97. The summed E-state index contributed by atoms with van der Waals surface area (Å²) in [5, 5.41) is 0. The van der Waals surface area contributed by atoms with Crippen molar-refractivity contribution < 1.29 is 8.42 Å². The van der Waals surface area contributed by atoms with Gasteiger partial charge >= 0.3 is 0 Å². The van der Waals surface area contributed by atoms with E-state index in [2.05, 4.69) is 32.8 Å². The van der Waals surface area contributed by atoms with E-state index in [1.54, 1.807) is 6.20 Å². The van der Waals surface area contributed by atoms with Crippen LogP contribution in [0.1, 0.15) is 36.5 Å². The van der Waals surface area contributed by atoms with Gasteiger partial charge in [-0.2, -0.15) is 0 Å². The van der Waals surface area contributed by atoms with Crippen LogP contribution in [0.2, 0.25) is 0 Å². The van der Waals surface area contributed by atoms with Gasteiger partial charge in [0.2, 0.25) is 10.0 Å². The van der Waals surface area contributed by atoms with Crippen molar-refractivity contribution in [1.82, 2.24) is 9.88 Å². The van der Waals surface area contributed by atoms with Gasteiger partial charge in [0.25, 0.3) is 0 Å². The lowest BCUT2D eigenvalue weighted by Gasteiger charge is -2.24. The summed E-state index contributed by atoms with van der Waals surface area (Å²) in [5.41, 5.74) is 3.94. The minimum Gasteiger partial charge on any atom is -0.290 e. The van der Waals surface area contributed by atoms with Crippen molar-refractivity contribution in [3.63, 3.8) is 0 Å². The smallest absolute Gasteiger partial charge is 0.232 e. The molecular formula is C24H29N3O2S. The zero-order valence-electron chi connectivity index (χ0n) is 17.4. The molecule has 0 atom stereocenters. The van der Waals surface area contributed by atoms with E-state index in [0.29, 0.717) is 18.7 Å². The summed E-state index contributed by atoms with van der Waals surface area (Å²) >= 11 is 0. The average molecular weight is 424 g/mol. The predicted octanol–water partition coefficient (Wildman–Crippen LogP) is 4.83. The molecule has 30 heavy (non-hydrogen) atoms. The number of hydrogen-bond donors (Lipinski definition) is 1. The molecule has 5 nitrogen and oxygen atoms in total. The molecule has 158 valence electrons. The van der Waals surface area contributed by atoms with Crippen molar-refractivity contribution in [3.05, 3.63) is 95.8 Å². The Hall–Kier alpha value is -2.70. The van der Waals surface area contributed by atoms with E-state index in [1.165, 1.54) is 5.56 Å². The first kappa shape index (κ1) is 22.0. The zero-order valence-corrected chi connectivity index (χ0v) is 18.2. The number of aromatic nitrogens is 1. The summed E-state index contributed by atoms with van der Waals surface area (Å²) in [7, 11) is -3.35. The number of benzene rings is 2. The van der Waals surface area contributed by atoms with Gasteiger partial charge in [-0.05, 0) is 35.2 Å². The number of para-hydroxylation sites is 1. The largest absolute Gasteiger partial charge is 0.290 e. The molecule has 1 aromatic heterocycles. The van der Waals surface area contributed by atoms with E-state index in [9.17, 15) is 8.42 Å². The molecule has 0 amide bonds. The molecule has 6 heteroatoms. The van der Waals surface area contributed by atoms with Crippen LogP contribution >= 0.6 is 0 Å². The second-order valence-electron chi connectivity index (χ2n) is 7.42. The molecule has 3 rings (SSSR count). The van der Waals surface area contributed by atoms with Gasteiger partial charge < -0.3 is 0 Å². The van der Waals surface area contributed by atoms with Gasteiger partial charge in [-0.3, -0.25) is 14.6 Å². The number of rotatable bonds is 11. The maximum Gasteiger partial charge on any atom is 0.232 e. The number of nitrogens with zero attached hydrogens (tertiary/aromatic N) is 2. The van der Waals surface area contributed by atoms with Gasteiger partial charge in [-0.25, -0.2) is 8.42 Å². The Labute approximate surface area is 179 Å². The Morgan fingerprint density at radius 3 is 2.30 bits per heavy atom. The predicted molar refractivity (Wildman–Crippen MR) is 122 cm³/mol. The highest BCUT2D eigenvalue weighted by Crippen LogP contribution is 2.21. The molecule has 0 aliphatic carbocycles. The third-order valence-electron chi connectivity index (χ3n) is 4.82. The molecule has 2 aromatic carbocycles. The summed E-state index contributed by atoms with van der Waals surface area (Å²) in [4.78, 5) is 6.53. The van der Waals surface area contributed by atoms with Crippen LogP contribution in [-0.2, 0) is 29.7 Å². The molecule has 0 saturated carbocycles. The standard InChI is InChI=1S/C24H29N3O2S/c1-2-3-16-30(28,29)26-24-14-8-7-13-23(24)20-27(18-21-10-5-4-6-11-21)19-22-12-9-15-25-17-22/h4-15,17,26H,2-3,16,18-20H2,1H3. The molecule has 0 fully saturated rings. The highest BCUT2D eigenvalue weighted by molar-refractivity contribution is 7.92. The lowest BCUT2D eigenvalue weighted by molar-refractivity contribution is 0.248. The Morgan fingerprint density at radius 1 is 0.867 bits per heavy atom. The second kappa shape index (κ2) is 10.9. The van der Waals surface area contributed by atoms with Gasteiger partial charge in [0.1, 0.15) is 0 Å². The van der Waals surface area contributed by atoms with Gasteiger partial charge in [0, 0.05) is 32.0 Å². The Morgan fingerprint density at radius 2 is 1.57 bits per heavy atom. The molecule has 1 N–H and O–H groups in total. The summed E-state index contributed by atoms with van der Waals surface area (Å²) in [6.07, 6.45) is 5.14. The lowest BCUT2D eigenvalue weighted by atomic mass is 10.1. The first-order chi connectivity index (χ1) is 14.6. The van der Waals surface area contributed by atoms with Gasteiger partial charge in [0.15, 0.2) is 0 Å². The Bertz CT molecular complexity index is 967. The fraction of sp³-hybridized carbons (Fsp3) is 0.292. The van der Waals surface area contributed by atoms with Crippen LogP contribution in [-0.4, -0.2) is 24.1 Å². The van der Waals surface area contributed by atoms with E-state index in [-0.39, 0.29) is 5.75 Å². The number of anilines is 1. The SMILES string of the molecule is CCCCS(=O)(=O)Nc1ccccc1CN(Cc1ccccc1)Cc1cccnc1. The highest BCUT2D eigenvalue weighted by Gasteiger charge is 2.15. The van der Waals surface area contributed by atoms with Crippen molar-refractivity contribution in [1.29, 1.82) is 0 Å². The molecule has 3 aromatic rings. The maximum absolute atomic E-state index is 12.4. The van der Waals surface area contributed by atoms with E-state index in [0.717, 1.165) is 30.6 Å². The van der Waals surface area contributed by atoms with Crippen molar-refractivity contribution in [2.75, 3.05) is 10.5 Å². The van der Waals surface area contributed by atoms with Crippen LogP contribution in [0.5, 0.6) is 0 Å². The monoisotopic (exact) mass is 423 g/mol. The van der Waals surface area contributed by atoms with E-state index < -0.39 is 10.0 Å². The van der Waals surface area contributed by atoms with Crippen LogP contribution < -0.4 is 4.72 Å². The summed E-state index contributed by atoms with van der Waals surface area (Å²) in [6.45, 7) is 4.09. The van der Waals surface area contributed by atoms with Crippen LogP contribution in [0.25, 0.3) is 0 Å². The number of pyridine rings is 1. The number of unbranched alkanes of at least 4 members (excludes halogenated alkanes) is 1. The molecule has 0 radical (unpaired) electrons. The van der Waals surface area contributed by atoms with Crippen LogP contribution in [0.4, 0.5) is 5.69 Å². The molecule has 0 unspecified atom stereocenters. The fourth-order valence-electron chi connectivity index (χ4n) is 3.31. The molecule has 0 bridgehead atoms. The first-order valence-corrected chi connectivity index (χ1v) is 11.9. The minimum atomic E-state index is -3.35. The number of hydrogen-bond acceptors (Lipinski definition) is 4. The molecule has 0 saturated heterocycles. The normalized spacial score (nSPS) is 11.5. The third-order valence-corrected chi connectivity index (χ3v) is 6.18. The topological polar surface area (TPSA) is 62.3 Å². The van der Waals surface area contributed by atoms with Crippen LogP contribution in [0, 0.1) is 0 Å². The first-order valence-electron chi connectivity index (χ1n) is 10.3. The van der Waals surface area contributed by atoms with E-state index in [4.69, 9.17) is 0 Å². The highest BCUT2D eigenvalue weighted by atomic mass is 32.2. The second-order valence-corrected chi connectivity index (χ2v) is 9.27. The van der Waals surface area contributed by atoms with Crippen molar-refractivity contribution in [2.45, 2.75) is 39.4 Å².